The van der Waals surface area contributed by atoms with Crippen LogP contribution in [0.15, 0.2) is 30.3 Å². The molecule has 0 radical (unpaired) electrons. The fraction of sp³-hybridized carbons (Fsp3) is 0.571. The van der Waals surface area contributed by atoms with Crippen LogP contribution in [0.4, 0.5) is 13.2 Å². The molecule has 0 aliphatic heterocycles. The molecule has 0 saturated heterocycles. The summed E-state index contributed by atoms with van der Waals surface area (Å²) < 4.78 is 37.9. The first-order valence-electron chi connectivity index (χ1n) is 6.42. The summed E-state index contributed by atoms with van der Waals surface area (Å²) in [6.45, 7) is 0. The molecule has 18 heavy (non-hydrogen) atoms. The SMILES string of the molecule is FC(F)(F)CC(NC1CCCC1)c1ccccc1. The molecule has 1 atom stereocenters. The van der Waals surface area contributed by atoms with Gasteiger partial charge in [-0.15, -0.1) is 0 Å². The van der Waals surface area contributed by atoms with Crippen LogP contribution in [-0.4, -0.2) is 12.2 Å². The van der Waals surface area contributed by atoms with Crippen LogP contribution in [0.5, 0.6) is 0 Å². The smallest absolute Gasteiger partial charge is 0.307 e. The Bertz CT molecular complexity index is 355. The van der Waals surface area contributed by atoms with Crippen LogP contribution in [0.25, 0.3) is 0 Å². The van der Waals surface area contributed by atoms with Crippen molar-refractivity contribution in [2.24, 2.45) is 0 Å². The van der Waals surface area contributed by atoms with Crippen LogP contribution in [0, 0.1) is 0 Å². The standard InChI is InChI=1S/C14H18F3N/c15-14(16,17)10-13(11-6-2-1-3-7-11)18-12-8-4-5-9-12/h1-3,6-7,12-13,18H,4-5,8-10H2. The molecule has 1 aliphatic rings. The zero-order chi connectivity index (χ0) is 13.0. The summed E-state index contributed by atoms with van der Waals surface area (Å²) >= 11 is 0. The quantitative estimate of drug-likeness (QED) is 0.851. The third kappa shape index (κ3) is 4.02. The highest BCUT2D eigenvalue weighted by Crippen LogP contribution is 2.31. The first-order chi connectivity index (χ1) is 8.54. The lowest BCUT2D eigenvalue weighted by atomic mass is 10.0. The molecule has 1 saturated carbocycles. The fourth-order valence-electron chi connectivity index (χ4n) is 2.57. The van der Waals surface area contributed by atoms with E-state index in [9.17, 15) is 13.2 Å². The van der Waals surface area contributed by atoms with Gasteiger partial charge in [0.1, 0.15) is 0 Å². The van der Waals surface area contributed by atoms with E-state index < -0.39 is 18.6 Å². The largest absolute Gasteiger partial charge is 0.390 e. The molecule has 1 unspecified atom stereocenters. The lowest BCUT2D eigenvalue weighted by Gasteiger charge is -2.24. The predicted molar refractivity (Wildman–Crippen MR) is 65.2 cm³/mol. The molecule has 1 aromatic carbocycles. The summed E-state index contributed by atoms with van der Waals surface area (Å²) in [4.78, 5) is 0. The van der Waals surface area contributed by atoms with Gasteiger partial charge >= 0.3 is 6.18 Å². The van der Waals surface area contributed by atoms with Crippen molar-refractivity contribution in [3.05, 3.63) is 35.9 Å². The number of hydrogen-bond donors (Lipinski definition) is 1. The number of alkyl halides is 3. The molecule has 0 spiro atoms. The van der Waals surface area contributed by atoms with E-state index in [0.29, 0.717) is 0 Å². The Kier molecular flexibility index (Phi) is 4.27. The van der Waals surface area contributed by atoms with Crippen LogP contribution in [0.3, 0.4) is 0 Å². The molecule has 1 N–H and O–H groups in total. The second-order valence-electron chi connectivity index (χ2n) is 4.93. The van der Waals surface area contributed by atoms with Gasteiger partial charge < -0.3 is 5.32 Å². The third-order valence-electron chi connectivity index (χ3n) is 3.43. The summed E-state index contributed by atoms with van der Waals surface area (Å²) in [5.74, 6) is 0. The fourth-order valence-corrected chi connectivity index (χ4v) is 2.57. The molecule has 1 aromatic rings. The maximum absolute atomic E-state index is 12.6. The Morgan fingerprint density at radius 3 is 2.28 bits per heavy atom. The minimum Gasteiger partial charge on any atom is -0.307 e. The average Bonchev–Trinajstić information content (AvgIpc) is 2.80. The zero-order valence-electron chi connectivity index (χ0n) is 10.2. The van der Waals surface area contributed by atoms with E-state index in [1.54, 1.807) is 24.3 Å². The molecule has 1 nitrogen and oxygen atoms in total. The van der Waals surface area contributed by atoms with Crippen molar-refractivity contribution in [1.82, 2.24) is 5.32 Å². The van der Waals surface area contributed by atoms with Gasteiger partial charge in [0, 0.05) is 12.1 Å². The highest BCUT2D eigenvalue weighted by atomic mass is 19.4. The summed E-state index contributed by atoms with van der Waals surface area (Å²) in [5.41, 5.74) is 0.724. The molecule has 2 rings (SSSR count). The molecule has 1 fully saturated rings. The average molecular weight is 257 g/mol. The first kappa shape index (κ1) is 13.4. The molecular formula is C14H18F3N. The highest BCUT2D eigenvalue weighted by molar-refractivity contribution is 5.19. The third-order valence-corrected chi connectivity index (χ3v) is 3.43. The van der Waals surface area contributed by atoms with E-state index in [1.807, 2.05) is 6.07 Å². The summed E-state index contributed by atoms with van der Waals surface area (Å²) in [6.07, 6.45) is -0.724. The van der Waals surface area contributed by atoms with E-state index in [1.165, 1.54) is 0 Å². The Morgan fingerprint density at radius 2 is 1.72 bits per heavy atom. The molecule has 4 heteroatoms. The molecule has 0 amide bonds. The van der Waals surface area contributed by atoms with Crippen molar-refractivity contribution in [2.75, 3.05) is 0 Å². The van der Waals surface area contributed by atoms with Crippen molar-refractivity contribution < 1.29 is 13.2 Å². The lowest BCUT2D eigenvalue weighted by molar-refractivity contribution is -0.140. The summed E-state index contributed by atoms with van der Waals surface area (Å²) in [5, 5.41) is 3.17. The van der Waals surface area contributed by atoms with Gasteiger partial charge in [0.05, 0.1) is 6.42 Å². The highest BCUT2D eigenvalue weighted by Gasteiger charge is 2.33. The Balaban J connectivity index is 2.07. The molecular weight excluding hydrogens is 239 g/mol. The number of benzene rings is 1. The maximum atomic E-state index is 12.6. The molecule has 1 aliphatic carbocycles. The van der Waals surface area contributed by atoms with Gasteiger partial charge in [0.15, 0.2) is 0 Å². The number of rotatable bonds is 4. The summed E-state index contributed by atoms with van der Waals surface area (Å²) in [7, 11) is 0. The van der Waals surface area contributed by atoms with E-state index in [0.717, 1.165) is 31.2 Å². The second-order valence-corrected chi connectivity index (χ2v) is 4.93. The predicted octanol–water partition coefficient (Wildman–Crippen LogP) is 4.21. The van der Waals surface area contributed by atoms with Crippen LogP contribution in [-0.2, 0) is 0 Å². The van der Waals surface area contributed by atoms with Crippen molar-refractivity contribution in [3.63, 3.8) is 0 Å². The Labute approximate surface area is 105 Å². The van der Waals surface area contributed by atoms with Gasteiger partial charge in [-0.2, -0.15) is 13.2 Å². The molecule has 0 aromatic heterocycles. The van der Waals surface area contributed by atoms with Gasteiger partial charge in [-0.05, 0) is 18.4 Å². The summed E-state index contributed by atoms with van der Waals surface area (Å²) in [6, 6.07) is 8.54. The number of hydrogen-bond acceptors (Lipinski definition) is 1. The van der Waals surface area contributed by atoms with Gasteiger partial charge in [0.25, 0.3) is 0 Å². The van der Waals surface area contributed by atoms with E-state index in [4.69, 9.17) is 0 Å². The van der Waals surface area contributed by atoms with Crippen molar-refractivity contribution in [1.29, 1.82) is 0 Å². The van der Waals surface area contributed by atoms with Crippen molar-refractivity contribution >= 4 is 0 Å². The Hall–Kier alpha value is -1.03. The van der Waals surface area contributed by atoms with Gasteiger partial charge in [-0.3, -0.25) is 0 Å². The minimum absolute atomic E-state index is 0.234. The number of nitrogens with one attached hydrogen (secondary N) is 1. The van der Waals surface area contributed by atoms with Crippen LogP contribution in [0.2, 0.25) is 0 Å². The van der Waals surface area contributed by atoms with Crippen molar-refractivity contribution in [2.45, 2.75) is 50.4 Å². The topological polar surface area (TPSA) is 12.0 Å². The van der Waals surface area contributed by atoms with Crippen LogP contribution < -0.4 is 5.32 Å². The normalized spacial score (nSPS) is 19.1. The van der Waals surface area contributed by atoms with Crippen molar-refractivity contribution in [3.8, 4) is 0 Å². The first-order valence-corrected chi connectivity index (χ1v) is 6.42. The molecule has 0 heterocycles. The Morgan fingerprint density at radius 1 is 1.11 bits per heavy atom. The zero-order valence-corrected chi connectivity index (χ0v) is 10.2. The van der Waals surface area contributed by atoms with Crippen LogP contribution >= 0.6 is 0 Å². The van der Waals surface area contributed by atoms with E-state index in [2.05, 4.69) is 5.32 Å². The van der Waals surface area contributed by atoms with Gasteiger partial charge in [-0.25, -0.2) is 0 Å². The van der Waals surface area contributed by atoms with Crippen LogP contribution in [0.1, 0.15) is 43.7 Å². The van der Waals surface area contributed by atoms with E-state index in [-0.39, 0.29) is 6.04 Å². The molecule has 0 bridgehead atoms. The second kappa shape index (κ2) is 5.74. The molecule has 100 valence electrons. The number of halogens is 3. The monoisotopic (exact) mass is 257 g/mol. The van der Waals surface area contributed by atoms with Gasteiger partial charge in [0.2, 0.25) is 0 Å². The minimum atomic E-state index is -4.13. The van der Waals surface area contributed by atoms with Gasteiger partial charge in [-0.1, -0.05) is 43.2 Å². The lowest BCUT2D eigenvalue weighted by Crippen LogP contribution is -2.33. The maximum Gasteiger partial charge on any atom is 0.390 e. The van der Waals surface area contributed by atoms with E-state index >= 15 is 0 Å².